The van der Waals surface area contributed by atoms with Gasteiger partial charge < -0.3 is 5.73 Å². The van der Waals surface area contributed by atoms with Gasteiger partial charge in [0.05, 0.1) is 5.01 Å². The summed E-state index contributed by atoms with van der Waals surface area (Å²) in [6.45, 7) is 6.53. The fourth-order valence-corrected chi connectivity index (χ4v) is 2.27. The van der Waals surface area contributed by atoms with Crippen molar-refractivity contribution < 1.29 is 0 Å². The molecule has 0 amide bonds. The summed E-state index contributed by atoms with van der Waals surface area (Å²) in [7, 11) is 0. The molecule has 0 aromatic carbocycles. The maximum Gasteiger partial charge on any atom is 0.0928 e. The minimum atomic E-state index is 0.254. The molecule has 0 spiro atoms. The average molecular weight is 198 g/mol. The highest BCUT2D eigenvalue weighted by atomic mass is 32.1. The van der Waals surface area contributed by atoms with E-state index in [0.29, 0.717) is 11.8 Å². The zero-order chi connectivity index (χ0) is 9.84. The fourth-order valence-electron chi connectivity index (χ4n) is 1.58. The Labute approximate surface area is 84.2 Å². The molecule has 2 N–H and O–H groups in total. The molecule has 0 radical (unpaired) electrons. The zero-order valence-electron chi connectivity index (χ0n) is 8.53. The molecule has 2 atom stereocenters. The van der Waals surface area contributed by atoms with Gasteiger partial charge in [-0.1, -0.05) is 13.8 Å². The Bertz CT molecular complexity index is 221. The van der Waals surface area contributed by atoms with Gasteiger partial charge in [0.1, 0.15) is 0 Å². The summed E-state index contributed by atoms with van der Waals surface area (Å²) in [5.74, 6) is 1.18. The van der Waals surface area contributed by atoms with Crippen molar-refractivity contribution in [3.05, 3.63) is 16.6 Å². The Kier molecular flexibility index (Phi) is 3.88. The number of aromatic nitrogens is 1. The van der Waals surface area contributed by atoms with Gasteiger partial charge in [-0.05, 0) is 18.8 Å². The van der Waals surface area contributed by atoms with Gasteiger partial charge in [-0.2, -0.15) is 0 Å². The summed E-state index contributed by atoms with van der Waals surface area (Å²) >= 11 is 1.72. The third kappa shape index (κ3) is 3.08. The van der Waals surface area contributed by atoms with Gasteiger partial charge in [-0.3, -0.25) is 0 Å². The smallest absolute Gasteiger partial charge is 0.0928 e. The fraction of sp³-hybridized carbons (Fsp3) is 0.700. The Morgan fingerprint density at radius 3 is 2.54 bits per heavy atom. The lowest BCUT2D eigenvalue weighted by Crippen LogP contribution is -2.32. The van der Waals surface area contributed by atoms with Crippen LogP contribution >= 0.6 is 11.3 Å². The van der Waals surface area contributed by atoms with Gasteiger partial charge in [-0.25, -0.2) is 4.98 Å². The van der Waals surface area contributed by atoms with E-state index >= 15 is 0 Å². The first-order valence-electron chi connectivity index (χ1n) is 4.75. The second-order valence-corrected chi connectivity index (χ2v) is 4.88. The van der Waals surface area contributed by atoms with Crippen LogP contribution in [0.3, 0.4) is 0 Å². The summed E-state index contributed by atoms with van der Waals surface area (Å²) in [4.78, 5) is 4.28. The van der Waals surface area contributed by atoms with Gasteiger partial charge in [0.25, 0.3) is 0 Å². The topological polar surface area (TPSA) is 38.9 Å². The van der Waals surface area contributed by atoms with Gasteiger partial charge in [-0.15, -0.1) is 11.3 Å². The van der Waals surface area contributed by atoms with Gasteiger partial charge in [0.2, 0.25) is 0 Å². The molecule has 0 saturated heterocycles. The molecule has 13 heavy (non-hydrogen) atoms. The molecule has 2 nitrogen and oxygen atoms in total. The summed E-state index contributed by atoms with van der Waals surface area (Å²) in [6, 6.07) is 0.254. The van der Waals surface area contributed by atoms with Crippen molar-refractivity contribution in [3.63, 3.8) is 0 Å². The van der Waals surface area contributed by atoms with Gasteiger partial charge in [0, 0.05) is 24.0 Å². The molecule has 0 aliphatic carbocycles. The molecule has 74 valence electrons. The van der Waals surface area contributed by atoms with Crippen LogP contribution in [0.2, 0.25) is 0 Å². The van der Waals surface area contributed by atoms with Crippen molar-refractivity contribution in [2.24, 2.45) is 17.6 Å². The Morgan fingerprint density at radius 2 is 2.15 bits per heavy atom. The van der Waals surface area contributed by atoms with Crippen molar-refractivity contribution >= 4 is 11.3 Å². The lowest BCUT2D eigenvalue weighted by Gasteiger charge is -2.23. The molecule has 1 heterocycles. The zero-order valence-corrected chi connectivity index (χ0v) is 9.34. The summed E-state index contributed by atoms with van der Waals surface area (Å²) in [5, 5.41) is 3.23. The molecule has 0 fully saturated rings. The first kappa shape index (κ1) is 10.7. The Morgan fingerprint density at radius 1 is 1.46 bits per heavy atom. The van der Waals surface area contributed by atoms with Crippen LogP contribution in [0.25, 0.3) is 0 Å². The number of nitrogens with zero attached hydrogens (tertiary/aromatic N) is 1. The maximum atomic E-state index is 5.93. The van der Waals surface area contributed by atoms with Crippen molar-refractivity contribution in [2.75, 3.05) is 0 Å². The van der Waals surface area contributed by atoms with E-state index in [4.69, 9.17) is 5.73 Å². The summed E-state index contributed by atoms with van der Waals surface area (Å²) in [6.07, 6.45) is 2.88. The van der Waals surface area contributed by atoms with Crippen molar-refractivity contribution in [3.8, 4) is 0 Å². The summed E-state index contributed by atoms with van der Waals surface area (Å²) in [5.41, 5.74) is 5.93. The molecule has 1 aromatic rings. The first-order chi connectivity index (χ1) is 6.11. The molecule has 1 aromatic heterocycles. The van der Waals surface area contributed by atoms with Crippen molar-refractivity contribution in [1.29, 1.82) is 0 Å². The average Bonchev–Trinajstić information content (AvgIpc) is 2.50. The van der Waals surface area contributed by atoms with Crippen molar-refractivity contribution in [2.45, 2.75) is 33.2 Å². The molecular weight excluding hydrogens is 180 g/mol. The predicted molar refractivity (Wildman–Crippen MR) is 57.8 cm³/mol. The van der Waals surface area contributed by atoms with Crippen LogP contribution in [0.1, 0.15) is 25.8 Å². The Hall–Kier alpha value is -0.410. The number of hydrogen-bond acceptors (Lipinski definition) is 3. The van der Waals surface area contributed by atoms with E-state index < -0.39 is 0 Å². The van der Waals surface area contributed by atoms with E-state index in [-0.39, 0.29) is 6.04 Å². The quantitative estimate of drug-likeness (QED) is 0.806. The molecule has 0 aliphatic heterocycles. The normalized spacial score (nSPS) is 16.1. The Balaban J connectivity index is 2.58. The van der Waals surface area contributed by atoms with E-state index in [1.807, 2.05) is 11.6 Å². The van der Waals surface area contributed by atoms with Crippen LogP contribution in [0.15, 0.2) is 11.6 Å². The number of thiazole rings is 1. The van der Waals surface area contributed by atoms with Crippen LogP contribution in [0, 0.1) is 11.8 Å². The van der Waals surface area contributed by atoms with Gasteiger partial charge >= 0.3 is 0 Å². The molecule has 1 rings (SSSR count). The van der Waals surface area contributed by atoms with Crippen LogP contribution in [0.5, 0.6) is 0 Å². The highest BCUT2D eigenvalue weighted by Gasteiger charge is 2.19. The van der Waals surface area contributed by atoms with Crippen LogP contribution in [-0.2, 0) is 6.42 Å². The van der Waals surface area contributed by atoms with E-state index in [1.54, 1.807) is 11.3 Å². The largest absolute Gasteiger partial charge is 0.328 e. The standard InChI is InChI=1S/C10H18N2S/c1-7(2)9(8(3)11)6-10-12-4-5-13-10/h4-5,7-9H,6,11H2,1-3H3. The van der Waals surface area contributed by atoms with E-state index in [9.17, 15) is 0 Å². The van der Waals surface area contributed by atoms with E-state index in [1.165, 1.54) is 5.01 Å². The van der Waals surface area contributed by atoms with Crippen LogP contribution in [0.4, 0.5) is 0 Å². The molecule has 2 unspecified atom stereocenters. The summed E-state index contributed by atoms with van der Waals surface area (Å²) < 4.78 is 0. The number of rotatable bonds is 4. The highest BCUT2D eigenvalue weighted by molar-refractivity contribution is 7.09. The van der Waals surface area contributed by atoms with Crippen LogP contribution in [-0.4, -0.2) is 11.0 Å². The SMILES string of the molecule is CC(C)C(Cc1nccs1)C(C)N. The molecule has 3 heteroatoms. The third-order valence-electron chi connectivity index (χ3n) is 2.43. The minimum absolute atomic E-state index is 0.254. The molecule has 0 aliphatic rings. The second-order valence-electron chi connectivity index (χ2n) is 3.90. The molecular formula is C10H18N2S. The third-order valence-corrected chi connectivity index (χ3v) is 3.23. The number of nitrogens with two attached hydrogens (primary N) is 1. The van der Waals surface area contributed by atoms with E-state index in [2.05, 4.69) is 25.8 Å². The first-order valence-corrected chi connectivity index (χ1v) is 5.63. The molecule has 0 bridgehead atoms. The maximum absolute atomic E-state index is 5.93. The monoisotopic (exact) mass is 198 g/mol. The van der Waals surface area contributed by atoms with Crippen LogP contribution < -0.4 is 5.73 Å². The number of hydrogen-bond donors (Lipinski definition) is 1. The lowest BCUT2D eigenvalue weighted by atomic mass is 9.87. The predicted octanol–water partition coefficient (Wildman–Crippen LogP) is 2.31. The van der Waals surface area contributed by atoms with E-state index in [0.717, 1.165) is 6.42 Å². The molecule has 0 saturated carbocycles. The second kappa shape index (κ2) is 4.72. The van der Waals surface area contributed by atoms with Crippen molar-refractivity contribution in [1.82, 2.24) is 4.98 Å². The lowest BCUT2D eigenvalue weighted by molar-refractivity contribution is 0.329. The highest BCUT2D eigenvalue weighted by Crippen LogP contribution is 2.20. The van der Waals surface area contributed by atoms with Gasteiger partial charge in [0.15, 0.2) is 0 Å². The minimum Gasteiger partial charge on any atom is -0.328 e.